The fraction of sp³-hybridized carbons (Fsp3) is 1.00. The van der Waals surface area contributed by atoms with Gasteiger partial charge in [-0.05, 0) is 0 Å². The summed E-state index contributed by atoms with van der Waals surface area (Å²) in [6.07, 6.45) is 0. The molecule has 0 aromatic heterocycles. The summed E-state index contributed by atoms with van der Waals surface area (Å²) in [7, 11) is 6.40. The van der Waals surface area contributed by atoms with Crippen LogP contribution in [-0.2, 0) is 0 Å². The molecule has 0 aliphatic heterocycles. The second kappa shape index (κ2) is 4.13. The fourth-order valence-electron chi connectivity index (χ4n) is 0.387. The van der Waals surface area contributed by atoms with E-state index >= 15 is 0 Å². The number of likely N-dealkylation sites (N-methyl/N-ethyl adjacent to an activating group) is 1. The summed E-state index contributed by atoms with van der Waals surface area (Å²) in [6, 6.07) is 0. The molecule has 0 heterocycles. The molecule has 0 unspecified atom stereocenters. The van der Waals surface area contributed by atoms with E-state index in [2.05, 4.69) is 21.1 Å². The molecule has 0 aromatic carbocycles. The topological polar surface area (TPSA) is 26.0 Å². The number of quaternary nitrogens is 1. The third-order valence-electron chi connectivity index (χ3n) is 0.800. The van der Waals surface area contributed by atoms with Gasteiger partial charge in [-0.3, -0.25) is 0 Å². The number of hydrogen-bond donors (Lipinski definition) is 1. The van der Waals surface area contributed by atoms with Crippen molar-refractivity contribution in [3.8, 4) is 0 Å². The van der Waals surface area contributed by atoms with E-state index in [4.69, 9.17) is 5.73 Å². The summed E-state index contributed by atoms with van der Waals surface area (Å²) in [5.74, 6) is 0. The molecule has 0 aliphatic carbocycles. The number of rotatable bonds is 2. The van der Waals surface area contributed by atoms with Crippen LogP contribution < -0.4 is 18.1 Å². The third kappa shape index (κ3) is 9.51. The summed E-state index contributed by atoms with van der Waals surface area (Å²) >= 11 is 0. The summed E-state index contributed by atoms with van der Waals surface area (Å²) < 4.78 is 0.969. The molecule has 0 saturated carbocycles. The maximum Gasteiger partial charge on any atom is 0.0905 e. The molecule has 3 heteroatoms. The molecule has 0 amide bonds. The number of nitrogens with zero attached hydrogens (tertiary/aromatic N) is 1. The van der Waals surface area contributed by atoms with Gasteiger partial charge in [0.1, 0.15) is 0 Å². The molecule has 0 bridgehead atoms. The Labute approximate surface area is 57.7 Å². The summed E-state index contributed by atoms with van der Waals surface area (Å²) in [5.41, 5.74) is 5.30. The summed E-state index contributed by atoms with van der Waals surface area (Å²) in [5, 5.41) is 0. The van der Waals surface area contributed by atoms with E-state index in [1.807, 2.05) is 0 Å². The van der Waals surface area contributed by atoms with Crippen LogP contribution in [0.15, 0.2) is 0 Å². The first-order chi connectivity index (χ1) is 3.06. The van der Waals surface area contributed by atoms with Gasteiger partial charge >= 0.3 is 0 Å². The molecule has 0 spiro atoms. The molecule has 2 nitrogen and oxygen atoms in total. The van der Waals surface area contributed by atoms with Crippen molar-refractivity contribution in [1.29, 1.82) is 0 Å². The van der Waals surface area contributed by atoms with Crippen molar-refractivity contribution in [3.63, 3.8) is 0 Å². The number of nitrogens with two attached hydrogens (primary N) is 1. The van der Waals surface area contributed by atoms with E-state index in [0.717, 1.165) is 17.6 Å². The molecule has 0 fully saturated rings. The van der Waals surface area contributed by atoms with Gasteiger partial charge in [0, 0.05) is 6.54 Å². The minimum absolute atomic E-state index is 0. The van der Waals surface area contributed by atoms with E-state index in [1.54, 1.807) is 0 Å². The third-order valence-corrected chi connectivity index (χ3v) is 0.800. The van der Waals surface area contributed by atoms with Gasteiger partial charge in [-0.25, -0.2) is 0 Å². The Kier molecular flexibility index (Phi) is 5.71. The molecule has 0 saturated heterocycles. The van der Waals surface area contributed by atoms with Gasteiger partial charge in [-0.1, -0.05) is 0 Å². The van der Waals surface area contributed by atoms with Crippen LogP contribution in [0.1, 0.15) is 0 Å². The van der Waals surface area contributed by atoms with Crippen molar-refractivity contribution in [2.75, 3.05) is 34.2 Å². The minimum Gasteiger partial charge on any atom is -1.00 e. The smallest absolute Gasteiger partial charge is 0.0905 e. The lowest BCUT2D eigenvalue weighted by molar-refractivity contribution is -0.868. The lowest BCUT2D eigenvalue weighted by Gasteiger charge is -2.22. The van der Waals surface area contributed by atoms with Crippen molar-refractivity contribution in [2.24, 2.45) is 5.73 Å². The second-order valence-electron chi connectivity index (χ2n) is 2.80. The average molecular weight is 139 g/mol. The molecule has 0 atom stereocenters. The van der Waals surface area contributed by atoms with Crippen molar-refractivity contribution in [1.82, 2.24) is 0 Å². The fourth-order valence-corrected chi connectivity index (χ4v) is 0.387. The van der Waals surface area contributed by atoms with Gasteiger partial charge in [0.15, 0.2) is 0 Å². The molecular weight excluding hydrogens is 124 g/mol. The molecule has 8 heavy (non-hydrogen) atoms. The zero-order valence-corrected chi connectivity index (χ0v) is 6.57. The second-order valence-corrected chi connectivity index (χ2v) is 2.80. The van der Waals surface area contributed by atoms with Crippen molar-refractivity contribution in [2.45, 2.75) is 0 Å². The Balaban J connectivity index is 0. The summed E-state index contributed by atoms with van der Waals surface area (Å²) in [4.78, 5) is 0. The molecular formula is C5H15ClN2. The van der Waals surface area contributed by atoms with Crippen molar-refractivity contribution < 1.29 is 16.9 Å². The Morgan fingerprint density at radius 1 is 1.25 bits per heavy atom. The lowest BCUT2D eigenvalue weighted by Crippen LogP contribution is -3.00. The van der Waals surface area contributed by atoms with E-state index in [0.29, 0.717) is 0 Å². The minimum atomic E-state index is 0. The first kappa shape index (κ1) is 11.1. The maximum absolute atomic E-state index is 5.30. The molecule has 52 valence electrons. The van der Waals surface area contributed by atoms with Crippen LogP contribution in [0.3, 0.4) is 0 Å². The monoisotopic (exact) mass is 138 g/mol. The van der Waals surface area contributed by atoms with Crippen LogP contribution in [-0.4, -0.2) is 38.7 Å². The normalized spacial score (nSPS) is 10.5. The predicted octanol–water partition coefficient (Wildman–Crippen LogP) is -3.34. The van der Waals surface area contributed by atoms with Gasteiger partial charge in [-0.2, -0.15) is 0 Å². The number of halogens is 1. The average Bonchev–Trinajstić information content (AvgIpc) is 1.30. The molecule has 0 aromatic rings. The standard InChI is InChI=1S/C5H15N2.ClH/c1-7(2,3)5-4-6;/h4-6H2,1-3H3;1H/q+1;/p-1. The molecule has 2 N–H and O–H groups in total. The Morgan fingerprint density at radius 3 is 1.62 bits per heavy atom. The molecule has 0 radical (unpaired) electrons. The zero-order chi connectivity index (χ0) is 5.91. The van der Waals surface area contributed by atoms with Gasteiger partial charge < -0.3 is 22.6 Å². The lowest BCUT2D eigenvalue weighted by atomic mass is 10.5. The highest BCUT2D eigenvalue weighted by Crippen LogP contribution is 1.83. The Bertz CT molecular complexity index is 48.9. The largest absolute Gasteiger partial charge is 1.00 e. The van der Waals surface area contributed by atoms with Gasteiger partial charge in [0.25, 0.3) is 0 Å². The quantitative estimate of drug-likeness (QED) is 0.397. The van der Waals surface area contributed by atoms with Gasteiger partial charge in [0.05, 0.1) is 27.7 Å². The highest BCUT2D eigenvalue weighted by Gasteiger charge is 2.01. The van der Waals surface area contributed by atoms with Crippen LogP contribution >= 0.6 is 0 Å². The first-order valence-electron chi connectivity index (χ1n) is 2.57. The van der Waals surface area contributed by atoms with Crippen molar-refractivity contribution >= 4 is 0 Å². The SMILES string of the molecule is C[N+](C)(C)CCN.[Cl-]. The van der Waals surface area contributed by atoms with Crippen LogP contribution in [0.2, 0.25) is 0 Å². The predicted molar refractivity (Wildman–Crippen MR) is 32.0 cm³/mol. The van der Waals surface area contributed by atoms with E-state index in [-0.39, 0.29) is 12.4 Å². The highest BCUT2D eigenvalue weighted by molar-refractivity contribution is 4.26. The van der Waals surface area contributed by atoms with E-state index < -0.39 is 0 Å². The zero-order valence-electron chi connectivity index (χ0n) is 5.82. The van der Waals surface area contributed by atoms with Crippen LogP contribution in [0.5, 0.6) is 0 Å². The highest BCUT2D eigenvalue weighted by atomic mass is 35.5. The maximum atomic E-state index is 5.30. The summed E-state index contributed by atoms with van der Waals surface area (Å²) in [6.45, 7) is 1.84. The Morgan fingerprint density at radius 2 is 1.62 bits per heavy atom. The van der Waals surface area contributed by atoms with Gasteiger partial charge in [-0.15, -0.1) is 0 Å². The van der Waals surface area contributed by atoms with Crippen LogP contribution in [0.4, 0.5) is 0 Å². The van der Waals surface area contributed by atoms with E-state index in [1.165, 1.54) is 0 Å². The van der Waals surface area contributed by atoms with Gasteiger partial charge in [0.2, 0.25) is 0 Å². The molecule has 0 rings (SSSR count). The van der Waals surface area contributed by atoms with E-state index in [9.17, 15) is 0 Å². The Hall–Kier alpha value is 0.210. The first-order valence-corrected chi connectivity index (χ1v) is 2.57. The molecule has 0 aliphatic rings. The van der Waals surface area contributed by atoms with Crippen LogP contribution in [0.25, 0.3) is 0 Å². The van der Waals surface area contributed by atoms with Crippen molar-refractivity contribution in [3.05, 3.63) is 0 Å². The van der Waals surface area contributed by atoms with Crippen LogP contribution in [0, 0.1) is 0 Å². The number of hydrogen-bond acceptors (Lipinski definition) is 1.